The first-order valence-corrected chi connectivity index (χ1v) is 5.21. The average Bonchev–Trinajstić information content (AvgIpc) is 2.38. The Hall–Kier alpha value is -2.02. The Kier molecular flexibility index (Phi) is 3.06. The zero-order chi connectivity index (χ0) is 11.4. The summed E-state index contributed by atoms with van der Waals surface area (Å²) < 4.78 is 5.35. The Bertz CT molecular complexity index is 500. The minimum Gasteiger partial charge on any atom is -0.496 e. The van der Waals surface area contributed by atoms with E-state index in [1.807, 2.05) is 36.4 Å². The van der Waals surface area contributed by atoms with Gasteiger partial charge in [-0.1, -0.05) is 49.1 Å². The monoisotopic (exact) mass is 210 g/mol. The van der Waals surface area contributed by atoms with Gasteiger partial charge in [0, 0.05) is 5.56 Å². The zero-order valence-corrected chi connectivity index (χ0v) is 9.31. The number of rotatable bonds is 3. The number of benzene rings is 2. The van der Waals surface area contributed by atoms with Crippen LogP contribution in [0.3, 0.4) is 0 Å². The highest BCUT2D eigenvalue weighted by Gasteiger charge is 2.04. The molecule has 1 nitrogen and oxygen atoms in total. The summed E-state index contributed by atoms with van der Waals surface area (Å²) in [5, 5.41) is 0. The van der Waals surface area contributed by atoms with Crippen molar-refractivity contribution in [3.05, 3.63) is 60.7 Å². The van der Waals surface area contributed by atoms with E-state index in [-0.39, 0.29) is 0 Å². The van der Waals surface area contributed by atoms with Crippen LogP contribution in [0.5, 0.6) is 5.75 Å². The van der Waals surface area contributed by atoms with Gasteiger partial charge >= 0.3 is 0 Å². The molecule has 0 saturated heterocycles. The van der Waals surface area contributed by atoms with E-state index in [9.17, 15) is 0 Å². The van der Waals surface area contributed by atoms with Gasteiger partial charge < -0.3 is 4.74 Å². The van der Waals surface area contributed by atoms with Crippen LogP contribution in [0.4, 0.5) is 0 Å². The summed E-state index contributed by atoms with van der Waals surface area (Å²) in [6, 6.07) is 16.2. The Morgan fingerprint density at radius 2 is 1.88 bits per heavy atom. The highest BCUT2D eigenvalue weighted by molar-refractivity contribution is 5.72. The van der Waals surface area contributed by atoms with Gasteiger partial charge in [0.05, 0.1) is 7.11 Å². The minimum atomic E-state index is 0.892. The first-order valence-electron chi connectivity index (χ1n) is 5.21. The highest BCUT2D eigenvalue weighted by atomic mass is 16.5. The van der Waals surface area contributed by atoms with Crippen LogP contribution in [0, 0.1) is 0 Å². The highest BCUT2D eigenvalue weighted by Crippen LogP contribution is 2.29. The molecule has 0 atom stereocenters. The Morgan fingerprint density at radius 1 is 1.06 bits per heavy atom. The molecule has 0 fully saturated rings. The third kappa shape index (κ3) is 1.98. The largest absolute Gasteiger partial charge is 0.496 e. The quantitative estimate of drug-likeness (QED) is 0.743. The van der Waals surface area contributed by atoms with Crippen LogP contribution in [-0.2, 0) is 0 Å². The van der Waals surface area contributed by atoms with Crippen molar-refractivity contribution in [2.24, 2.45) is 0 Å². The van der Waals surface area contributed by atoms with Crippen LogP contribution < -0.4 is 4.74 Å². The molecule has 1 heteroatoms. The summed E-state index contributed by atoms with van der Waals surface area (Å²) in [6.07, 6.45) is 1.85. The lowest BCUT2D eigenvalue weighted by molar-refractivity contribution is 0.416. The standard InChI is InChI=1S/C15H14O/c1-3-12-7-6-8-13(11-12)14-9-4-5-10-15(14)16-2/h3-11H,1H2,2H3. The summed E-state index contributed by atoms with van der Waals surface area (Å²) in [5.74, 6) is 0.892. The third-order valence-electron chi connectivity index (χ3n) is 2.54. The molecular formula is C15H14O. The van der Waals surface area contributed by atoms with Crippen LogP contribution in [0.15, 0.2) is 55.1 Å². The molecule has 0 aliphatic carbocycles. The van der Waals surface area contributed by atoms with E-state index in [0.717, 1.165) is 22.4 Å². The first kappa shape index (κ1) is 10.5. The normalized spacial score (nSPS) is 9.81. The topological polar surface area (TPSA) is 9.23 Å². The molecule has 16 heavy (non-hydrogen) atoms. The summed E-state index contributed by atoms with van der Waals surface area (Å²) in [7, 11) is 1.69. The molecule has 2 aromatic carbocycles. The molecule has 0 aromatic heterocycles. The molecule has 0 spiro atoms. The van der Waals surface area contributed by atoms with Crippen molar-refractivity contribution in [2.75, 3.05) is 7.11 Å². The van der Waals surface area contributed by atoms with Gasteiger partial charge in [-0.15, -0.1) is 0 Å². The van der Waals surface area contributed by atoms with Gasteiger partial charge in [0.1, 0.15) is 5.75 Å². The molecule has 0 amide bonds. The molecule has 2 rings (SSSR count). The number of hydrogen-bond acceptors (Lipinski definition) is 1. The molecule has 0 heterocycles. The Balaban J connectivity index is 2.53. The molecule has 0 unspecified atom stereocenters. The third-order valence-corrected chi connectivity index (χ3v) is 2.54. The maximum absolute atomic E-state index is 5.35. The van der Waals surface area contributed by atoms with Crippen molar-refractivity contribution in [3.63, 3.8) is 0 Å². The fraction of sp³-hybridized carbons (Fsp3) is 0.0667. The maximum atomic E-state index is 5.35. The minimum absolute atomic E-state index is 0.892. The number of methoxy groups -OCH3 is 1. The van der Waals surface area contributed by atoms with Gasteiger partial charge in [-0.2, -0.15) is 0 Å². The van der Waals surface area contributed by atoms with Gasteiger partial charge in [-0.05, 0) is 23.3 Å². The van der Waals surface area contributed by atoms with Crippen LogP contribution in [-0.4, -0.2) is 7.11 Å². The Labute approximate surface area is 96.0 Å². The van der Waals surface area contributed by atoms with Gasteiger partial charge in [-0.3, -0.25) is 0 Å². The van der Waals surface area contributed by atoms with E-state index in [0.29, 0.717) is 0 Å². The van der Waals surface area contributed by atoms with Gasteiger partial charge in [-0.25, -0.2) is 0 Å². The summed E-state index contributed by atoms with van der Waals surface area (Å²) >= 11 is 0. The second kappa shape index (κ2) is 4.67. The molecule has 0 N–H and O–H groups in total. The first-order chi connectivity index (χ1) is 7.85. The summed E-state index contributed by atoms with van der Waals surface area (Å²) in [6.45, 7) is 3.78. The van der Waals surface area contributed by atoms with Crippen molar-refractivity contribution < 1.29 is 4.74 Å². The smallest absolute Gasteiger partial charge is 0.126 e. The molecule has 80 valence electrons. The SMILES string of the molecule is C=Cc1cccc(-c2ccccc2OC)c1. The van der Waals surface area contributed by atoms with Crippen LogP contribution >= 0.6 is 0 Å². The molecular weight excluding hydrogens is 196 g/mol. The average molecular weight is 210 g/mol. The second-order valence-corrected chi connectivity index (χ2v) is 3.53. The van der Waals surface area contributed by atoms with Crippen molar-refractivity contribution in [2.45, 2.75) is 0 Å². The lowest BCUT2D eigenvalue weighted by Crippen LogP contribution is -1.87. The Morgan fingerprint density at radius 3 is 2.62 bits per heavy atom. The van der Waals surface area contributed by atoms with E-state index in [1.54, 1.807) is 7.11 Å². The predicted octanol–water partition coefficient (Wildman–Crippen LogP) is 4.01. The van der Waals surface area contributed by atoms with Crippen LogP contribution in [0.2, 0.25) is 0 Å². The van der Waals surface area contributed by atoms with Gasteiger partial charge in [0.15, 0.2) is 0 Å². The summed E-state index contributed by atoms with van der Waals surface area (Å²) in [4.78, 5) is 0. The van der Waals surface area contributed by atoms with Crippen molar-refractivity contribution >= 4 is 6.08 Å². The fourth-order valence-corrected chi connectivity index (χ4v) is 1.72. The van der Waals surface area contributed by atoms with Crippen molar-refractivity contribution in [1.82, 2.24) is 0 Å². The van der Waals surface area contributed by atoms with Gasteiger partial charge in [0.2, 0.25) is 0 Å². The van der Waals surface area contributed by atoms with Crippen LogP contribution in [0.1, 0.15) is 5.56 Å². The molecule has 0 saturated carbocycles. The van der Waals surface area contributed by atoms with E-state index < -0.39 is 0 Å². The van der Waals surface area contributed by atoms with Gasteiger partial charge in [0.25, 0.3) is 0 Å². The number of para-hydroxylation sites is 1. The molecule has 0 radical (unpaired) electrons. The molecule has 0 aliphatic rings. The molecule has 0 aliphatic heterocycles. The number of ether oxygens (including phenoxy) is 1. The maximum Gasteiger partial charge on any atom is 0.126 e. The van der Waals surface area contributed by atoms with Crippen molar-refractivity contribution in [3.8, 4) is 16.9 Å². The molecule has 0 bridgehead atoms. The lowest BCUT2D eigenvalue weighted by atomic mass is 10.0. The lowest BCUT2D eigenvalue weighted by Gasteiger charge is -2.08. The second-order valence-electron chi connectivity index (χ2n) is 3.53. The number of hydrogen-bond donors (Lipinski definition) is 0. The summed E-state index contributed by atoms with van der Waals surface area (Å²) in [5.41, 5.74) is 3.37. The zero-order valence-electron chi connectivity index (χ0n) is 9.31. The van der Waals surface area contributed by atoms with E-state index in [4.69, 9.17) is 4.74 Å². The van der Waals surface area contributed by atoms with E-state index >= 15 is 0 Å². The predicted molar refractivity (Wildman–Crippen MR) is 68.5 cm³/mol. The molecule has 2 aromatic rings. The van der Waals surface area contributed by atoms with E-state index in [1.165, 1.54) is 0 Å². The van der Waals surface area contributed by atoms with Crippen molar-refractivity contribution in [1.29, 1.82) is 0 Å². The van der Waals surface area contributed by atoms with E-state index in [2.05, 4.69) is 24.8 Å². The fourth-order valence-electron chi connectivity index (χ4n) is 1.72. The van der Waals surface area contributed by atoms with Crippen LogP contribution in [0.25, 0.3) is 17.2 Å².